The zero-order valence-corrected chi connectivity index (χ0v) is 69.2. The first-order valence-corrected chi connectivity index (χ1v) is 43.1. The number of sulfonamides is 2. The Kier molecular flexibility index (Phi) is 26.0. The molecule has 6 aliphatic rings. The summed E-state index contributed by atoms with van der Waals surface area (Å²) in [5.74, 6) is -1.12. The minimum Gasteiger partial charge on any atom is -0.497 e. The van der Waals surface area contributed by atoms with Crippen LogP contribution in [0.4, 0.5) is 26.4 Å². The van der Waals surface area contributed by atoms with Gasteiger partial charge in [-0.3, -0.25) is 24.1 Å². The van der Waals surface area contributed by atoms with E-state index in [9.17, 15) is 40.8 Å². The van der Waals surface area contributed by atoms with Crippen LogP contribution in [0.2, 0.25) is 0 Å². The molecule has 0 bridgehead atoms. The molecule has 2 saturated carbocycles. The third kappa shape index (κ3) is 19.7. The zero-order valence-electron chi connectivity index (χ0n) is 65.1. The summed E-state index contributed by atoms with van der Waals surface area (Å²) in [5.41, 5.74) is 0.800. The van der Waals surface area contributed by atoms with Crippen LogP contribution in [0.25, 0.3) is 44.6 Å². The van der Waals surface area contributed by atoms with Gasteiger partial charge in [0, 0.05) is 102 Å². The van der Waals surface area contributed by atoms with E-state index in [1.165, 1.54) is 39.7 Å². The SMILES string of the molecule is COc1ccc2c(O[C@@H]3C[C@@H](C(=O)N[C@]45C[C@H]4/C=C\CCCCCNc4ccccc4S(=O)(=O)NC5=O)N(C(=O)OC(C)(C)C)C3)cc(-c3csc(NC(C)C)n3)nc2c1.COc1ccc2c(O[C@H]3CN[C@H](C(=O)N[C@]45C[C@H]4/C=C\CCCCCNc4ccccc4S(=O)(=O)NC5=O)C3)cc(-c3csc(NC(C)C)n3)nc2c1.Cl. The number of ether oxygens (including phenoxy) is 5. The zero-order chi connectivity index (χ0) is 80.0. The topological polar surface area (TPSA) is 363 Å². The summed E-state index contributed by atoms with van der Waals surface area (Å²) in [5, 5.41) is 29.0. The number of methoxy groups -OCH3 is 2. The molecule has 114 heavy (non-hydrogen) atoms. The number of rotatable bonds is 16. The van der Waals surface area contributed by atoms with E-state index < -0.39 is 90.6 Å². The van der Waals surface area contributed by atoms with Gasteiger partial charge in [-0.1, -0.05) is 61.4 Å². The van der Waals surface area contributed by atoms with E-state index in [-0.39, 0.29) is 65.7 Å². The lowest BCUT2D eigenvalue weighted by Crippen LogP contribution is -2.56. The summed E-state index contributed by atoms with van der Waals surface area (Å²) in [6.07, 6.45) is 13.9. The number of aromatic nitrogens is 4. The molecule has 8 atom stereocenters. The Morgan fingerprint density at radius 2 is 1.06 bits per heavy atom. The van der Waals surface area contributed by atoms with Crippen molar-refractivity contribution < 1.29 is 64.5 Å². The number of thiazole rings is 2. The number of nitrogens with zero attached hydrogens (tertiary/aromatic N) is 5. The van der Waals surface area contributed by atoms with Crippen molar-refractivity contribution in [2.45, 2.75) is 188 Å². The summed E-state index contributed by atoms with van der Waals surface area (Å²) in [4.78, 5) is 90.7. The molecule has 608 valence electrons. The second-order valence-electron chi connectivity index (χ2n) is 30.8. The van der Waals surface area contributed by atoms with E-state index in [0.717, 1.165) is 67.0 Å². The predicted molar refractivity (Wildman–Crippen MR) is 444 cm³/mol. The molecule has 28 nitrogen and oxygen atoms in total. The van der Waals surface area contributed by atoms with Gasteiger partial charge in [0.05, 0.1) is 60.6 Å². The average Bonchev–Trinajstić information content (AvgIpc) is 1.57. The number of fused-ring (bicyclic) bond motifs is 6. The normalized spacial score (nSPS) is 23.9. The Hall–Kier alpha value is -9.86. The number of allylic oxidation sites excluding steroid dienone is 2. The maximum absolute atomic E-state index is 14.5. The number of benzene rings is 4. The minimum absolute atomic E-state index is 0. The molecule has 4 aliphatic heterocycles. The molecule has 2 aliphatic carbocycles. The standard InChI is InChI=1S/C43H53N7O8S2.C38H45N7O6S2.ClH/c1-26(2)45-40-47-34(25-59-40)33-22-36(30-18-17-28(56-6)20-32(30)46-33)57-29-21-35(50(24-29)41(53)58-42(3,4)5)38(51)48-43-23-27(43)14-10-8-7-9-13-19-44-31-15-11-12-16-37(31)60(54,55)49-39(43)52;1-23(2)41-37-43-32(22-52-37)30-19-33(27-15-14-25(50-3)17-29(27)42-30)51-26-18-31(40-21-26)35(46)44-38-20-24(38)11-7-5-4-6-10-16-39-28-12-8-9-13-34(28)53(48,49)45-36(38)47;/h10-12,14-18,20,22,25-27,29,35,44H,7-9,13,19,21,23-24H2,1-6H3,(H,45,47)(H,48,51)(H,49,52);7-9,11-15,17,19,22-24,26,31,39-40H,4-6,10,16,18,20-21H2,1-3H3,(H,41,43)(H,44,46)(H,45,47);1H/b14-10-;11-7-;/t27-,29-,35+,43-;24-,26-,31+,38-;/m11./s1. The van der Waals surface area contributed by atoms with E-state index >= 15 is 0 Å². The van der Waals surface area contributed by atoms with Crippen molar-refractivity contribution in [1.82, 2.24) is 50.2 Å². The van der Waals surface area contributed by atoms with Crippen molar-refractivity contribution in [3.05, 3.63) is 132 Å². The molecule has 9 N–H and O–H groups in total. The fourth-order valence-corrected chi connectivity index (χ4v) is 18.5. The van der Waals surface area contributed by atoms with Crippen LogP contribution in [0.5, 0.6) is 23.0 Å². The number of para-hydroxylation sites is 2. The van der Waals surface area contributed by atoms with Crippen LogP contribution in [-0.4, -0.2) is 165 Å². The number of nitrogens with one attached hydrogen (secondary N) is 9. The van der Waals surface area contributed by atoms with E-state index in [1.807, 2.05) is 79.2 Å². The lowest BCUT2D eigenvalue weighted by atomic mass is 10.1. The predicted octanol–water partition coefficient (Wildman–Crippen LogP) is 12.5. The largest absolute Gasteiger partial charge is 0.497 e. The van der Waals surface area contributed by atoms with Crippen LogP contribution < -0.4 is 65.6 Å². The second kappa shape index (κ2) is 35.5. The van der Waals surface area contributed by atoms with Crippen molar-refractivity contribution in [3.8, 4) is 45.8 Å². The van der Waals surface area contributed by atoms with Gasteiger partial charge in [-0.05, 0) is 148 Å². The quantitative estimate of drug-likeness (QED) is 0.0406. The smallest absolute Gasteiger partial charge is 0.411 e. The fourth-order valence-electron chi connectivity index (χ4n) is 14.4. The van der Waals surface area contributed by atoms with Crippen LogP contribution in [0.15, 0.2) is 142 Å². The maximum Gasteiger partial charge on any atom is 0.411 e. The molecule has 0 unspecified atom stereocenters. The van der Waals surface area contributed by atoms with E-state index in [1.54, 1.807) is 89.6 Å². The van der Waals surface area contributed by atoms with Gasteiger partial charge in [-0.15, -0.1) is 35.1 Å². The highest BCUT2D eigenvalue weighted by atomic mass is 35.5. The number of likely N-dealkylation sites (tertiary alicyclic amines) is 1. The molecule has 8 heterocycles. The molecule has 0 radical (unpaired) electrons. The van der Waals surface area contributed by atoms with Crippen molar-refractivity contribution in [2.75, 3.05) is 61.7 Å². The molecule has 5 amide bonds. The first-order valence-electron chi connectivity index (χ1n) is 38.4. The third-order valence-corrected chi connectivity index (χ3v) is 24.6. The summed E-state index contributed by atoms with van der Waals surface area (Å²) in [6, 6.07) is 26.3. The number of hydrogen-bond acceptors (Lipinski definition) is 25. The molecule has 2 saturated heterocycles. The maximum atomic E-state index is 14.5. The minimum atomic E-state index is -4.35. The molecule has 33 heteroatoms. The Labute approximate surface area is 678 Å². The van der Waals surface area contributed by atoms with Crippen LogP contribution >= 0.6 is 35.1 Å². The van der Waals surface area contributed by atoms with Gasteiger partial charge in [0.1, 0.15) is 79.1 Å². The lowest BCUT2D eigenvalue weighted by molar-refractivity contribution is -0.131. The van der Waals surface area contributed by atoms with Gasteiger partial charge >= 0.3 is 6.09 Å². The van der Waals surface area contributed by atoms with Crippen LogP contribution in [0.1, 0.15) is 126 Å². The van der Waals surface area contributed by atoms with E-state index in [0.29, 0.717) is 106 Å². The lowest BCUT2D eigenvalue weighted by Gasteiger charge is -2.29. The fraction of sp³-hybridized carbons (Fsp3) is 0.444. The first-order chi connectivity index (χ1) is 54.1. The number of amides is 5. The number of pyridine rings is 2. The van der Waals surface area contributed by atoms with Gasteiger partial charge in [-0.25, -0.2) is 51.0 Å². The number of halogens is 1. The first kappa shape index (κ1) is 83.6. The Morgan fingerprint density at radius 1 is 0.588 bits per heavy atom. The Morgan fingerprint density at radius 3 is 1.54 bits per heavy atom. The molecular weight excluding hydrogens is 1560 g/mol. The van der Waals surface area contributed by atoms with Crippen LogP contribution in [0, 0.1) is 11.8 Å². The summed E-state index contributed by atoms with van der Waals surface area (Å²) in [7, 11) is -5.40. The number of hydrogen-bond donors (Lipinski definition) is 9. The summed E-state index contributed by atoms with van der Waals surface area (Å²) < 4.78 is 89.2. The number of carbonyl (C=O) groups excluding carboxylic acids is 5. The Balaban J connectivity index is 0.000000211. The third-order valence-electron chi connectivity index (χ3n) is 20.3. The number of anilines is 4. The highest BCUT2D eigenvalue weighted by Gasteiger charge is 2.63. The molecule has 4 fully saturated rings. The second-order valence-corrected chi connectivity index (χ2v) is 35.8. The van der Waals surface area contributed by atoms with Gasteiger partial charge < -0.3 is 60.9 Å². The highest BCUT2D eigenvalue weighted by Crippen LogP contribution is 2.48. The van der Waals surface area contributed by atoms with E-state index in [2.05, 4.69) is 60.5 Å². The van der Waals surface area contributed by atoms with Gasteiger partial charge in [-0.2, -0.15) is 0 Å². The van der Waals surface area contributed by atoms with Crippen molar-refractivity contribution in [3.63, 3.8) is 0 Å². The molecular formula is C81H99ClN14O14S4. The monoisotopic (exact) mass is 1650 g/mol. The van der Waals surface area contributed by atoms with Crippen LogP contribution in [0.3, 0.4) is 0 Å². The summed E-state index contributed by atoms with van der Waals surface area (Å²) >= 11 is 2.96. The van der Waals surface area contributed by atoms with Crippen molar-refractivity contribution in [2.24, 2.45) is 11.8 Å². The van der Waals surface area contributed by atoms with Gasteiger partial charge in [0.15, 0.2) is 10.3 Å². The highest BCUT2D eigenvalue weighted by molar-refractivity contribution is 7.90. The molecule has 4 aromatic heterocycles. The van der Waals surface area contributed by atoms with Crippen molar-refractivity contribution in [1.29, 1.82) is 0 Å². The molecule has 8 aromatic rings. The van der Waals surface area contributed by atoms with Crippen LogP contribution in [-0.2, 0) is 44.0 Å². The molecule has 4 aromatic carbocycles. The van der Waals surface area contributed by atoms with Crippen molar-refractivity contribution >= 4 is 128 Å². The average molecular weight is 1660 g/mol. The van der Waals surface area contributed by atoms with Gasteiger partial charge in [0.2, 0.25) is 11.8 Å². The number of carbonyl (C=O) groups is 5. The molecule has 0 spiro atoms. The Bertz CT molecular complexity index is 5170. The van der Waals surface area contributed by atoms with Gasteiger partial charge in [0.25, 0.3) is 31.9 Å². The summed E-state index contributed by atoms with van der Waals surface area (Å²) in [6.45, 7) is 14.9. The van der Waals surface area contributed by atoms with E-state index in [4.69, 9.17) is 43.6 Å². The molecule has 14 rings (SSSR count).